The summed E-state index contributed by atoms with van der Waals surface area (Å²) >= 11 is 0.995. The molecule has 0 saturated carbocycles. The van der Waals surface area contributed by atoms with Crippen LogP contribution in [0.3, 0.4) is 0 Å². The second-order valence-corrected chi connectivity index (χ2v) is 10.2. The molecule has 0 aliphatic carbocycles. The zero-order chi connectivity index (χ0) is 24.0. The van der Waals surface area contributed by atoms with E-state index in [1.807, 2.05) is 0 Å². The van der Waals surface area contributed by atoms with Crippen molar-refractivity contribution in [3.63, 3.8) is 0 Å². The van der Waals surface area contributed by atoms with Crippen LogP contribution in [0.4, 0.5) is 14.6 Å². The van der Waals surface area contributed by atoms with Crippen molar-refractivity contribution in [2.24, 2.45) is 0 Å². The number of thioether (sulfide) groups is 1. The molecule has 33 heavy (non-hydrogen) atoms. The maximum absolute atomic E-state index is 14.0. The summed E-state index contributed by atoms with van der Waals surface area (Å²) < 4.78 is 62.6. The lowest BCUT2D eigenvalue weighted by molar-refractivity contribution is 0.0569. The molecule has 1 aliphatic heterocycles. The van der Waals surface area contributed by atoms with Gasteiger partial charge in [-0.1, -0.05) is 23.9 Å². The molecule has 3 rings (SSSR count). The highest BCUT2D eigenvalue weighted by Crippen LogP contribution is 2.27. The van der Waals surface area contributed by atoms with Crippen molar-refractivity contribution in [1.82, 2.24) is 19.6 Å². The van der Waals surface area contributed by atoms with Gasteiger partial charge in [-0.25, -0.2) is 13.8 Å². The van der Waals surface area contributed by atoms with E-state index in [9.17, 15) is 22.3 Å². The zero-order valence-corrected chi connectivity index (χ0v) is 19.9. The van der Waals surface area contributed by atoms with Crippen LogP contribution in [0.2, 0.25) is 0 Å². The van der Waals surface area contributed by atoms with E-state index < -0.39 is 34.1 Å². The molecule has 2 heterocycles. The number of ether oxygens (including phenoxy) is 1. The van der Waals surface area contributed by atoms with Gasteiger partial charge in [0.05, 0.1) is 6.10 Å². The zero-order valence-electron chi connectivity index (χ0n) is 18.3. The monoisotopic (exact) mass is 503 g/mol. The SMILES string of the molecule is C[C@@H](O)[C@@H](C)Oc1cc(NS(=O)(=O)N2CCCNCC2)nc(SCc2cccc(F)c2F)n1. The van der Waals surface area contributed by atoms with E-state index in [2.05, 4.69) is 20.0 Å². The van der Waals surface area contributed by atoms with Crippen molar-refractivity contribution < 1.29 is 27.0 Å². The number of rotatable bonds is 9. The van der Waals surface area contributed by atoms with Crippen LogP contribution in [0, 0.1) is 11.6 Å². The Kier molecular flexibility index (Phi) is 8.82. The van der Waals surface area contributed by atoms with Gasteiger partial charge < -0.3 is 15.2 Å². The van der Waals surface area contributed by atoms with Gasteiger partial charge in [0, 0.05) is 37.0 Å². The van der Waals surface area contributed by atoms with Crippen LogP contribution in [0.1, 0.15) is 25.8 Å². The van der Waals surface area contributed by atoms with E-state index in [1.54, 1.807) is 13.8 Å². The summed E-state index contributed by atoms with van der Waals surface area (Å²) in [5.41, 5.74) is 0.117. The van der Waals surface area contributed by atoms with Gasteiger partial charge in [-0.2, -0.15) is 17.7 Å². The Morgan fingerprint density at radius 3 is 2.82 bits per heavy atom. The van der Waals surface area contributed by atoms with Crippen molar-refractivity contribution in [1.29, 1.82) is 0 Å². The summed E-state index contributed by atoms with van der Waals surface area (Å²) in [4.78, 5) is 8.44. The first-order chi connectivity index (χ1) is 15.7. The first-order valence-corrected chi connectivity index (χ1v) is 12.9. The fourth-order valence-electron chi connectivity index (χ4n) is 2.93. The number of nitrogens with one attached hydrogen (secondary N) is 2. The first kappa shape index (κ1) is 25.6. The second kappa shape index (κ2) is 11.4. The van der Waals surface area contributed by atoms with Gasteiger partial charge in [-0.05, 0) is 32.9 Å². The number of aliphatic hydroxyl groups excluding tert-OH is 1. The Bertz CT molecular complexity index is 1050. The van der Waals surface area contributed by atoms with E-state index in [-0.39, 0.29) is 28.2 Å². The predicted molar refractivity (Wildman–Crippen MR) is 121 cm³/mol. The number of hydrogen-bond acceptors (Lipinski definition) is 8. The van der Waals surface area contributed by atoms with Crippen molar-refractivity contribution >= 4 is 27.8 Å². The minimum Gasteiger partial charge on any atom is -0.472 e. The van der Waals surface area contributed by atoms with E-state index in [1.165, 1.54) is 22.5 Å². The summed E-state index contributed by atoms with van der Waals surface area (Å²) in [5.74, 6) is -1.90. The molecule has 0 spiro atoms. The Morgan fingerprint density at radius 1 is 1.27 bits per heavy atom. The number of aromatic nitrogens is 2. The molecule has 1 aliphatic rings. The number of benzene rings is 1. The number of halogens is 2. The highest BCUT2D eigenvalue weighted by atomic mass is 32.2. The number of hydrogen-bond donors (Lipinski definition) is 3. The van der Waals surface area contributed by atoms with Gasteiger partial charge in [0.1, 0.15) is 11.9 Å². The lowest BCUT2D eigenvalue weighted by Crippen LogP contribution is -2.38. The van der Waals surface area contributed by atoms with Crippen LogP contribution < -0.4 is 14.8 Å². The Hall–Kier alpha value is -2.06. The molecule has 1 aromatic heterocycles. The van der Waals surface area contributed by atoms with Crippen molar-refractivity contribution in [3.05, 3.63) is 41.5 Å². The molecule has 0 amide bonds. The fraction of sp³-hybridized carbons (Fsp3) is 0.500. The maximum atomic E-state index is 14.0. The van der Waals surface area contributed by atoms with Crippen LogP contribution >= 0.6 is 11.8 Å². The molecular weight excluding hydrogens is 476 g/mol. The standard InChI is InChI=1S/C20H27F2N5O4S2/c1-13(28)14(2)31-18-11-17(26-33(29,30)27-9-4-7-23-8-10-27)24-20(25-18)32-12-15-5-3-6-16(21)19(15)22/h3,5-6,11,13-14,23,28H,4,7-10,12H2,1-2H3,(H,24,25,26)/t13-,14-/m1/s1. The van der Waals surface area contributed by atoms with Gasteiger partial charge in [0.15, 0.2) is 16.8 Å². The quantitative estimate of drug-likeness (QED) is 0.352. The molecule has 13 heteroatoms. The number of nitrogens with zero attached hydrogens (tertiary/aromatic N) is 3. The van der Waals surface area contributed by atoms with Gasteiger partial charge >= 0.3 is 10.2 Å². The van der Waals surface area contributed by atoms with Gasteiger partial charge in [-0.3, -0.25) is 4.72 Å². The molecular formula is C20H27F2N5O4S2. The van der Waals surface area contributed by atoms with E-state index in [4.69, 9.17) is 4.74 Å². The van der Waals surface area contributed by atoms with Crippen LogP contribution in [-0.2, 0) is 16.0 Å². The molecule has 9 nitrogen and oxygen atoms in total. The Morgan fingerprint density at radius 2 is 2.06 bits per heavy atom. The van der Waals surface area contributed by atoms with E-state index >= 15 is 0 Å². The van der Waals surface area contributed by atoms with Crippen LogP contribution in [0.5, 0.6) is 5.88 Å². The van der Waals surface area contributed by atoms with Crippen molar-refractivity contribution in [3.8, 4) is 5.88 Å². The third kappa shape index (κ3) is 7.21. The molecule has 2 atom stereocenters. The molecule has 1 fully saturated rings. The average molecular weight is 504 g/mol. The first-order valence-electron chi connectivity index (χ1n) is 10.4. The van der Waals surface area contributed by atoms with E-state index in [0.29, 0.717) is 26.1 Å². The fourth-order valence-corrected chi connectivity index (χ4v) is 4.95. The molecule has 0 bridgehead atoms. The van der Waals surface area contributed by atoms with Gasteiger partial charge in [0.2, 0.25) is 5.88 Å². The maximum Gasteiger partial charge on any atom is 0.302 e. The van der Waals surface area contributed by atoms with Gasteiger partial charge in [0.25, 0.3) is 0 Å². The van der Waals surface area contributed by atoms with Crippen LogP contribution in [-0.4, -0.2) is 66.2 Å². The molecule has 182 valence electrons. The van der Waals surface area contributed by atoms with Crippen LogP contribution in [0.15, 0.2) is 29.4 Å². The van der Waals surface area contributed by atoms with E-state index in [0.717, 1.165) is 24.4 Å². The Labute approximate surface area is 196 Å². The average Bonchev–Trinajstić information content (AvgIpc) is 3.04. The van der Waals surface area contributed by atoms with Crippen LogP contribution in [0.25, 0.3) is 0 Å². The summed E-state index contributed by atoms with van der Waals surface area (Å²) in [7, 11) is -3.89. The second-order valence-electron chi connectivity index (χ2n) is 7.55. The normalized spacial score (nSPS) is 17.2. The molecule has 1 saturated heterocycles. The lowest BCUT2D eigenvalue weighted by atomic mass is 10.2. The van der Waals surface area contributed by atoms with Crippen molar-refractivity contribution in [2.75, 3.05) is 30.9 Å². The third-order valence-corrected chi connectivity index (χ3v) is 7.34. The highest BCUT2D eigenvalue weighted by Gasteiger charge is 2.24. The third-order valence-electron chi connectivity index (χ3n) is 4.93. The molecule has 1 aromatic carbocycles. The molecule has 2 aromatic rings. The summed E-state index contributed by atoms with van der Waals surface area (Å²) in [6.45, 7) is 5.11. The largest absolute Gasteiger partial charge is 0.472 e. The Balaban J connectivity index is 1.84. The molecule has 3 N–H and O–H groups in total. The van der Waals surface area contributed by atoms with Crippen molar-refractivity contribution in [2.45, 2.75) is 43.4 Å². The lowest BCUT2D eigenvalue weighted by Gasteiger charge is -2.21. The summed E-state index contributed by atoms with van der Waals surface area (Å²) in [5, 5.41) is 13.0. The number of aliphatic hydroxyl groups is 1. The highest BCUT2D eigenvalue weighted by molar-refractivity contribution is 7.98. The summed E-state index contributed by atoms with van der Waals surface area (Å²) in [6.07, 6.45) is -0.757. The number of anilines is 1. The molecule has 0 unspecified atom stereocenters. The molecule has 0 radical (unpaired) electrons. The summed E-state index contributed by atoms with van der Waals surface area (Å²) in [6, 6.07) is 5.18. The smallest absolute Gasteiger partial charge is 0.302 e. The van der Waals surface area contributed by atoms with Gasteiger partial charge in [-0.15, -0.1) is 0 Å². The predicted octanol–water partition coefficient (Wildman–Crippen LogP) is 2.15. The minimum absolute atomic E-state index is 0.0169. The minimum atomic E-state index is -3.89. The topological polar surface area (TPSA) is 117 Å².